The van der Waals surface area contributed by atoms with E-state index in [1.807, 2.05) is 24.3 Å². The molecule has 0 unspecified atom stereocenters. The van der Waals surface area contributed by atoms with Gasteiger partial charge in [-0.25, -0.2) is 0 Å². The van der Waals surface area contributed by atoms with Crippen molar-refractivity contribution in [2.45, 2.75) is 37.8 Å². The van der Waals surface area contributed by atoms with Crippen molar-refractivity contribution in [3.63, 3.8) is 0 Å². The van der Waals surface area contributed by atoms with Gasteiger partial charge in [-0.15, -0.1) is 0 Å². The standard InChI is InChI=1S/C16H25N3OS/c1-19(2)14-10-6-4-8-12(14)17-16(21)18-13-9-5-7-11-15(13)20-3/h5,7,9,11-12,14H,4,6,8,10H2,1-3H3,(H2,17,18,21)/t12-,14-/m1/s1. The van der Waals surface area contributed by atoms with Crippen LogP contribution in [-0.2, 0) is 0 Å². The number of para-hydroxylation sites is 2. The van der Waals surface area contributed by atoms with Gasteiger partial charge < -0.3 is 20.3 Å². The third-order valence-electron chi connectivity index (χ3n) is 4.06. The lowest BCUT2D eigenvalue weighted by Gasteiger charge is -2.37. The molecule has 1 fully saturated rings. The van der Waals surface area contributed by atoms with Crippen LogP contribution in [0.4, 0.5) is 5.69 Å². The third kappa shape index (κ3) is 4.32. The molecule has 2 rings (SSSR count). The number of methoxy groups -OCH3 is 1. The molecule has 0 heterocycles. The molecule has 1 aromatic rings. The molecule has 21 heavy (non-hydrogen) atoms. The Morgan fingerprint density at radius 3 is 2.67 bits per heavy atom. The fraction of sp³-hybridized carbons (Fsp3) is 0.562. The summed E-state index contributed by atoms with van der Waals surface area (Å²) in [7, 11) is 5.95. The summed E-state index contributed by atoms with van der Waals surface area (Å²) in [5.74, 6) is 0.800. The average Bonchev–Trinajstić information content (AvgIpc) is 2.48. The van der Waals surface area contributed by atoms with Crippen LogP contribution in [0.2, 0.25) is 0 Å². The predicted octanol–water partition coefficient (Wildman–Crippen LogP) is 2.85. The molecule has 1 aliphatic rings. The van der Waals surface area contributed by atoms with Gasteiger partial charge in [0.1, 0.15) is 5.75 Å². The number of thiocarbonyl (C=S) groups is 1. The van der Waals surface area contributed by atoms with Crippen molar-refractivity contribution < 1.29 is 4.74 Å². The molecule has 4 nitrogen and oxygen atoms in total. The lowest BCUT2D eigenvalue weighted by Crippen LogP contribution is -2.52. The molecule has 1 saturated carbocycles. The van der Waals surface area contributed by atoms with Crippen LogP contribution in [0.3, 0.4) is 0 Å². The highest BCUT2D eigenvalue weighted by atomic mass is 32.1. The first-order chi connectivity index (χ1) is 10.1. The molecule has 0 amide bonds. The van der Waals surface area contributed by atoms with Crippen LogP contribution in [-0.4, -0.2) is 43.3 Å². The first kappa shape index (κ1) is 16.0. The number of nitrogens with zero attached hydrogens (tertiary/aromatic N) is 1. The molecule has 0 aliphatic heterocycles. The molecule has 0 spiro atoms. The van der Waals surface area contributed by atoms with E-state index in [-0.39, 0.29) is 0 Å². The molecular weight excluding hydrogens is 282 g/mol. The summed E-state index contributed by atoms with van der Waals surface area (Å²) in [5.41, 5.74) is 0.898. The van der Waals surface area contributed by atoms with Crippen molar-refractivity contribution in [1.82, 2.24) is 10.2 Å². The van der Waals surface area contributed by atoms with Gasteiger partial charge in [-0.1, -0.05) is 25.0 Å². The van der Waals surface area contributed by atoms with Crippen LogP contribution in [0, 0.1) is 0 Å². The molecule has 2 N–H and O–H groups in total. The summed E-state index contributed by atoms with van der Waals surface area (Å²) in [6, 6.07) is 8.76. The zero-order valence-electron chi connectivity index (χ0n) is 13.1. The van der Waals surface area contributed by atoms with Gasteiger partial charge in [-0.2, -0.15) is 0 Å². The number of likely N-dealkylation sites (N-methyl/N-ethyl adjacent to an activating group) is 1. The fourth-order valence-corrected chi connectivity index (χ4v) is 3.23. The summed E-state index contributed by atoms with van der Waals surface area (Å²) in [4.78, 5) is 2.29. The van der Waals surface area contributed by atoms with Gasteiger partial charge in [-0.3, -0.25) is 0 Å². The van der Waals surface area contributed by atoms with Gasteiger partial charge in [0, 0.05) is 12.1 Å². The van der Waals surface area contributed by atoms with E-state index in [2.05, 4.69) is 29.6 Å². The molecular formula is C16H25N3OS. The highest BCUT2D eigenvalue weighted by Crippen LogP contribution is 2.24. The van der Waals surface area contributed by atoms with Crippen molar-refractivity contribution in [2.75, 3.05) is 26.5 Å². The zero-order valence-corrected chi connectivity index (χ0v) is 13.9. The van der Waals surface area contributed by atoms with Crippen LogP contribution in [0.1, 0.15) is 25.7 Å². The summed E-state index contributed by atoms with van der Waals surface area (Å²) in [6.45, 7) is 0. The highest BCUT2D eigenvalue weighted by molar-refractivity contribution is 7.80. The Bertz CT molecular complexity index is 478. The molecule has 1 aromatic carbocycles. The molecule has 2 atom stereocenters. The molecule has 0 saturated heterocycles. The van der Waals surface area contributed by atoms with Crippen LogP contribution < -0.4 is 15.4 Å². The van der Waals surface area contributed by atoms with E-state index in [9.17, 15) is 0 Å². The van der Waals surface area contributed by atoms with Crippen molar-refractivity contribution in [2.24, 2.45) is 0 Å². The van der Waals surface area contributed by atoms with Crippen molar-refractivity contribution >= 4 is 23.0 Å². The lowest BCUT2D eigenvalue weighted by molar-refractivity contribution is 0.190. The minimum atomic E-state index is 0.406. The quantitative estimate of drug-likeness (QED) is 0.837. The van der Waals surface area contributed by atoms with E-state index in [4.69, 9.17) is 17.0 Å². The van der Waals surface area contributed by atoms with Crippen LogP contribution in [0.25, 0.3) is 0 Å². The Hall–Kier alpha value is -1.33. The maximum Gasteiger partial charge on any atom is 0.171 e. The molecule has 116 valence electrons. The number of benzene rings is 1. The maximum atomic E-state index is 5.47. The van der Waals surface area contributed by atoms with Gasteiger partial charge in [0.15, 0.2) is 5.11 Å². The molecule has 1 aliphatic carbocycles. The highest BCUT2D eigenvalue weighted by Gasteiger charge is 2.27. The Morgan fingerprint density at radius 1 is 1.24 bits per heavy atom. The predicted molar refractivity (Wildman–Crippen MR) is 92.1 cm³/mol. The first-order valence-electron chi connectivity index (χ1n) is 7.48. The third-order valence-corrected chi connectivity index (χ3v) is 4.28. The van der Waals surface area contributed by atoms with Gasteiger partial charge in [0.2, 0.25) is 0 Å². The van der Waals surface area contributed by atoms with E-state index < -0.39 is 0 Å². The minimum Gasteiger partial charge on any atom is -0.495 e. The van der Waals surface area contributed by atoms with Crippen molar-refractivity contribution in [3.8, 4) is 5.75 Å². The van der Waals surface area contributed by atoms with Gasteiger partial charge in [0.05, 0.1) is 12.8 Å². The smallest absolute Gasteiger partial charge is 0.171 e. The molecule has 5 heteroatoms. The first-order valence-corrected chi connectivity index (χ1v) is 7.89. The SMILES string of the molecule is COc1ccccc1NC(=S)N[C@@H]1CCCC[C@H]1N(C)C. The number of anilines is 1. The summed E-state index contributed by atoms with van der Waals surface area (Å²) in [5, 5.41) is 7.38. The average molecular weight is 307 g/mol. The second-order valence-corrected chi connectivity index (χ2v) is 6.13. The van der Waals surface area contributed by atoms with Crippen LogP contribution in [0.5, 0.6) is 5.75 Å². The Balaban J connectivity index is 1.97. The van der Waals surface area contributed by atoms with E-state index in [1.165, 1.54) is 19.3 Å². The topological polar surface area (TPSA) is 36.5 Å². The number of hydrogen-bond donors (Lipinski definition) is 2. The van der Waals surface area contributed by atoms with E-state index >= 15 is 0 Å². The van der Waals surface area contributed by atoms with E-state index in [1.54, 1.807) is 7.11 Å². The van der Waals surface area contributed by atoms with Gasteiger partial charge in [-0.05, 0) is 51.3 Å². The van der Waals surface area contributed by atoms with E-state index in [0.717, 1.165) is 17.9 Å². The summed E-state index contributed by atoms with van der Waals surface area (Å²) < 4.78 is 5.34. The van der Waals surface area contributed by atoms with Gasteiger partial charge >= 0.3 is 0 Å². The van der Waals surface area contributed by atoms with E-state index in [0.29, 0.717) is 17.2 Å². The lowest BCUT2D eigenvalue weighted by atomic mass is 9.90. The summed E-state index contributed by atoms with van der Waals surface area (Å²) >= 11 is 5.47. The fourth-order valence-electron chi connectivity index (χ4n) is 2.97. The summed E-state index contributed by atoms with van der Waals surface area (Å²) in [6.07, 6.45) is 4.95. The normalized spacial score (nSPS) is 21.9. The Labute approximate surface area is 132 Å². The molecule has 0 radical (unpaired) electrons. The number of hydrogen-bond acceptors (Lipinski definition) is 3. The largest absolute Gasteiger partial charge is 0.495 e. The monoisotopic (exact) mass is 307 g/mol. The Morgan fingerprint density at radius 2 is 1.95 bits per heavy atom. The number of rotatable bonds is 4. The van der Waals surface area contributed by atoms with Crippen LogP contribution >= 0.6 is 12.2 Å². The molecule has 0 aromatic heterocycles. The number of nitrogens with one attached hydrogen (secondary N) is 2. The second-order valence-electron chi connectivity index (χ2n) is 5.72. The van der Waals surface area contributed by atoms with Gasteiger partial charge in [0.25, 0.3) is 0 Å². The van der Waals surface area contributed by atoms with Crippen molar-refractivity contribution in [1.29, 1.82) is 0 Å². The Kier molecular flexibility index (Phi) is 5.82. The van der Waals surface area contributed by atoms with Crippen LogP contribution in [0.15, 0.2) is 24.3 Å². The maximum absolute atomic E-state index is 5.47. The zero-order chi connectivity index (χ0) is 15.2. The number of ether oxygens (including phenoxy) is 1. The second kappa shape index (κ2) is 7.61. The van der Waals surface area contributed by atoms with Crippen molar-refractivity contribution in [3.05, 3.63) is 24.3 Å². The molecule has 0 bridgehead atoms. The minimum absolute atomic E-state index is 0.406.